The minimum atomic E-state index is -0.605. The van der Waals surface area contributed by atoms with E-state index in [-0.39, 0.29) is 38.3 Å². The second-order valence-corrected chi connectivity index (χ2v) is 14.4. The fourth-order valence-electron chi connectivity index (χ4n) is 7.01. The summed E-state index contributed by atoms with van der Waals surface area (Å²) in [6, 6.07) is 30.6. The third-order valence-corrected chi connectivity index (χ3v) is 9.67. The molecule has 4 aromatic rings. The van der Waals surface area contributed by atoms with Crippen LogP contribution in [0.3, 0.4) is 0 Å². The van der Waals surface area contributed by atoms with E-state index in [1.165, 1.54) is 22.3 Å². The van der Waals surface area contributed by atoms with Gasteiger partial charge in [0, 0.05) is 11.1 Å². The molecule has 0 heterocycles. The summed E-state index contributed by atoms with van der Waals surface area (Å²) < 4.78 is 34.2. The average Bonchev–Trinajstić information content (AvgIpc) is 3.47. The zero-order chi connectivity index (χ0) is 39.5. The Morgan fingerprint density at radius 2 is 0.927 bits per heavy atom. The third-order valence-electron chi connectivity index (χ3n) is 9.67. The molecule has 5 rings (SSSR count). The summed E-state index contributed by atoms with van der Waals surface area (Å²) in [7, 11) is 0. The van der Waals surface area contributed by atoms with Crippen LogP contribution in [0, 0.1) is 0 Å². The SMILES string of the molecule is C=C(C)C(=O)OCCOCCOc1ccc(C2(c3ccc(OCCOCCOC(=O)C(=C)C)c(C(C)C)c3)c3ccccc3-c3ccccc32)cc1C(C)C. The molecule has 0 bridgehead atoms. The van der Waals surface area contributed by atoms with E-state index in [0.29, 0.717) is 37.6 Å². The zero-order valence-corrected chi connectivity index (χ0v) is 33.1. The molecule has 8 heteroatoms. The molecule has 55 heavy (non-hydrogen) atoms. The molecule has 0 atom stereocenters. The largest absolute Gasteiger partial charge is 0.491 e. The van der Waals surface area contributed by atoms with Crippen molar-refractivity contribution in [2.24, 2.45) is 0 Å². The Balaban J connectivity index is 1.44. The van der Waals surface area contributed by atoms with E-state index in [2.05, 4.69) is 126 Å². The van der Waals surface area contributed by atoms with Crippen LogP contribution >= 0.6 is 0 Å². The maximum absolute atomic E-state index is 11.6. The summed E-state index contributed by atoms with van der Waals surface area (Å²) in [5.41, 5.74) is 9.52. The Morgan fingerprint density at radius 1 is 0.545 bits per heavy atom. The standard InChI is InChI=1S/C47H54O8/c1-31(2)39-29-35(17-19-43(39)52-25-21-50-23-27-54-45(48)33(5)6)47(41-15-11-9-13-37(41)38-14-10-12-16-42(38)47)36-18-20-44(40(30-36)32(3)4)53-26-22-51-24-28-55-46(49)34(7)8/h9-20,29-32H,5,7,21-28H2,1-4,6,8H3. The van der Waals surface area contributed by atoms with Crippen LogP contribution in [0.2, 0.25) is 0 Å². The van der Waals surface area contributed by atoms with Gasteiger partial charge in [0.25, 0.3) is 0 Å². The van der Waals surface area contributed by atoms with Gasteiger partial charge in [-0.1, -0.05) is 114 Å². The van der Waals surface area contributed by atoms with Gasteiger partial charge >= 0.3 is 11.9 Å². The van der Waals surface area contributed by atoms with Crippen molar-refractivity contribution < 1.29 is 38.0 Å². The molecular formula is C47H54O8. The van der Waals surface area contributed by atoms with Gasteiger partial charge in [0.05, 0.1) is 31.8 Å². The van der Waals surface area contributed by atoms with Gasteiger partial charge in [0.2, 0.25) is 0 Å². The van der Waals surface area contributed by atoms with E-state index in [9.17, 15) is 9.59 Å². The summed E-state index contributed by atoms with van der Waals surface area (Å²) >= 11 is 0. The Kier molecular flexibility index (Phi) is 14.1. The Labute approximate surface area is 326 Å². The number of carbonyl (C=O) groups is 2. The van der Waals surface area contributed by atoms with Crippen LogP contribution in [-0.4, -0.2) is 64.8 Å². The zero-order valence-electron chi connectivity index (χ0n) is 33.1. The fraction of sp³-hybridized carbons (Fsp3) is 0.362. The third kappa shape index (κ3) is 9.38. The number of rotatable bonds is 20. The molecule has 0 saturated heterocycles. The van der Waals surface area contributed by atoms with E-state index in [1.807, 2.05) is 0 Å². The number of hydrogen-bond acceptors (Lipinski definition) is 8. The van der Waals surface area contributed by atoms with E-state index in [0.717, 1.165) is 33.8 Å². The number of benzene rings is 4. The van der Waals surface area contributed by atoms with Gasteiger partial charge in [0.1, 0.15) is 37.9 Å². The van der Waals surface area contributed by atoms with Crippen molar-refractivity contribution in [3.63, 3.8) is 0 Å². The first-order chi connectivity index (χ1) is 26.5. The lowest BCUT2D eigenvalue weighted by Crippen LogP contribution is -2.29. The topological polar surface area (TPSA) is 89.5 Å². The van der Waals surface area contributed by atoms with Crippen LogP contribution in [0.1, 0.15) is 86.8 Å². The molecule has 0 aromatic heterocycles. The molecule has 0 unspecified atom stereocenters. The van der Waals surface area contributed by atoms with Crippen LogP contribution < -0.4 is 9.47 Å². The maximum Gasteiger partial charge on any atom is 0.333 e. The molecular weight excluding hydrogens is 693 g/mol. The Bertz CT molecular complexity index is 1850. The predicted octanol–water partition coefficient (Wildman–Crippen LogP) is 9.33. The first-order valence-corrected chi connectivity index (χ1v) is 19.0. The molecule has 1 aliphatic rings. The molecule has 0 saturated carbocycles. The van der Waals surface area contributed by atoms with Crippen LogP contribution in [0.25, 0.3) is 11.1 Å². The van der Waals surface area contributed by atoms with Crippen molar-refractivity contribution in [3.8, 4) is 22.6 Å². The maximum atomic E-state index is 11.6. The molecule has 0 fully saturated rings. The summed E-state index contributed by atoms with van der Waals surface area (Å²) in [5, 5.41) is 0. The Morgan fingerprint density at radius 3 is 1.31 bits per heavy atom. The van der Waals surface area contributed by atoms with Gasteiger partial charge in [-0.3, -0.25) is 0 Å². The van der Waals surface area contributed by atoms with Crippen molar-refractivity contribution in [2.45, 2.75) is 58.8 Å². The average molecular weight is 747 g/mol. The molecule has 0 spiro atoms. The summed E-state index contributed by atoms with van der Waals surface area (Å²) in [5.74, 6) is 1.15. The van der Waals surface area contributed by atoms with Gasteiger partial charge in [0.15, 0.2) is 0 Å². The van der Waals surface area contributed by atoms with Crippen LogP contribution in [0.4, 0.5) is 0 Å². The van der Waals surface area contributed by atoms with Gasteiger partial charge in [-0.2, -0.15) is 0 Å². The minimum absolute atomic E-state index is 0.166. The van der Waals surface area contributed by atoms with Crippen molar-refractivity contribution in [1.29, 1.82) is 0 Å². The van der Waals surface area contributed by atoms with Crippen molar-refractivity contribution in [2.75, 3.05) is 52.9 Å². The van der Waals surface area contributed by atoms with Crippen molar-refractivity contribution >= 4 is 11.9 Å². The number of hydrogen-bond donors (Lipinski definition) is 0. The van der Waals surface area contributed by atoms with Gasteiger partial charge in [-0.15, -0.1) is 0 Å². The number of ether oxygens (including phenoxy) is 6. The first-order valence-electron chi connectivity index (χ1n) is 19.0. The van der Waals surface area contributed by atoms with E-state index in [4.69, 9.17) is 28.4 Å². The predicted molar refractivity (Wildman–Crippen MR) is 216 cm³/mol. The fourth-order valence-corrected chi connectivity index (χ4v) is 7.01. The van der Waals surface area contributed by atoms with E-state index >= 15 is 0 Å². The molecule has 0 N–H and O–H groups in total. The Hall–Kier alpha value is -5.18. The van der Waals surface area contributed by atoms with E-state index in [1.54, 1.807) is 13.8 Å². The molecule has 8 nitrogen and oxygen atoms in total. The molecule has 4 aromatic carbocycles. The highest BCUT2D eigenvalue weighted by atomic mass is 16.6. The summed E-state index contributed by atoms with van der Waals surface area (Å²) in [6.07, 6.45) is 0. The van der Waals surface area contributed by atoms with Gasteiger partial charge in [-0.25, -0.2) is 9.59 Å². The van der Waals surface area contributed by atoms with Gasteiger partial charge < -0.3 is 28.4 Å². The molecule has 1 aliphatic carbocycles. The lowest BCUT2D eigenvalue weighted by Gasteiger charge is -2.35. The normalized spacial score (nSPS) is 12.6. The lowest BCUT2D eigenvalue weighted by atomic mass is 9.66. The highest BCUT2D eigenvalue weighted by Gasteiger charge is 2.46. The smallest absolute Gasteiger partial charge is 0.333 e. The number of fused-ring (bicyclic) bond motifs is 3. The minimum Gasteiger partial charge on any atom is -0.491 e. The van der Waals surface area contributed by atoms with Crippen molar-refractivity contribution in [1.82, 2.24) is 0 Å². The van der Waals surface area contributed by atoms with E-state index < -0.39 is 17.4 Å². The highest BCUT2D eigenvalue weighted by Crippen LogP contribution is 2.57. The molecule has 0 radical (unpaired) electrons. The monoisotopic (exact) mass is 746 g/mol. The number of carbonyl (C=O) groups excluding carboxylic acids is 2. The van der Waals surface area contributed by atoms with Crippen LogP contribution in [0.5, 0.6) is 11.5 Å². The van der Waals surface area contributed by atoms with Crippen molar-refractivity contribution in [3.05, 3.63) is 143 Å². The summed E-state index contributed by atoms with van der Waals surface area (Å²) in [6.45, 7) is 21.5. The molecule has 0 aliphatic heterocycles. The quantitative estimate of drug-likeness (QED) is 0.0443. The van der Waals surface area contributed by atoms with Crippen LogP contribution in [0.15, 0.2) is 109 Å². The highest BCUT2D eigenvalue weighted by molar-refractivity contribution is 5.88. The second-order valence-electron chi connectivity index (χ2n) is 14.4. The lowest BCUT2D eigenvalue weighted by molar-refractivity contribution is -0.141. The van der Waals surface area contributed by atoms with Gasteiger partial charge in [-0.05, 0) is 82.3 Å². The molecule has 290 valence electrons. The van der Waals surface area contributed by atoms with Crippen LogP contribution in [-0.2, 0) is 34.0 Å². The summed E-state index contributed by atoms with van der Waals surface area (Å²) in [4.78, 5) is 23.3. The number of esters is 2. The first kappa shape index (κ1) is 41.0. The second kappa shape index (κ2) is 18.9. The molecule has 0 amide bonds.